The Kier molecular flexibility index (Phi) is 3.47. The van der Waals surface area contributed by atoms with Gasteiger partial charge in [-0.15, -0.1) is 0 Å². The molecule has 0 bridgehead atoms. The molecule has 0 unspecified atom stereocenters. The smallest absolute Gasteiger partial charge is 0.417 e. The summed E-state index contributed by atoms with van der Waals surface area (Å²) < 4.78 is 38.3. The standard InChI is InChI=1S/C12H8F3NOS/c13-12(14,15)8-4-1-2-6-10(8)18-11-9(17)5-3-7-16-11/h1-7,17H. The lowest BCUT2D eigenvalue weighted by Crippen LogP contribution is -2.06. The van der Waals surface area contributed by atoms with Gasteiger partial charge in [-0.25, -0.2) is 4.98 Å². The van der Waals surface area contributed by atoms with E-state index in [2.05, 4.69) is 4.98 Å². The predicted molar refractivity (Wildman–Crippen MR) is 61.5 cm³/mol. The highest BCUT2D eigenvalue weighted by Crippen LogP contribution is 2.40. The van der Waals surface area contributed by atoms with Crippen molar-refractivity contribution in [3.63, 3.8) is 0 Å². The summed E-state index contributed by atoms with van der Waals surface area (Å²) >= 11 is 0.787. The van der Waals surface area contributed by atoms with Crippen molar-refractivity contribution in [1.82, 2.24) is 4.98 Å². The van der Waals surface area contributed by atoms with Crippen LogP contribution in [0, 0.1) is 0 Å². The highest BCUT2D eigenvalue weighted by Gasteiger charge is 2.33. The molecule has 0 atom stereocenters. The van der Waals surface area contributed by atoms with E-state index in [1.54, 1.807) is 0 Å². The van der Waals surface area contributed by atoms with Gasteiger partial charge < -0.3 is 5.11 Å². The molecule has 6 heteroatoms. The van der Waals surface area contributed by atoms with Crippen LogP contribution in [0.5, 0.6) is 5.75 Å². The van der Waals surface area contributed by atoms with Crippen LogP contribution >= 0.6 is 11.8 Å². The highest BCUT2D eigenvalue weighted by atomic mass is 32.2. The van der Waals surface area contributed by atoms with Crippen LogP contribution in [0.15, 0.2) is 52.5 Å². The summed E-state index contributed by atoms with van der Waals surface area (Å²) in [6.07, 6.45) is -3.01. The fourth-order valence-corrected chi connectivity index (χ4v) is 2.29. The third-order valence-electron chi connectivity index (χ3n) is 2.15. The van der Waals surface area contributed by atoms with Gasteiger partial charge >= 0.3 is 6.18 Å². The Labute approximate surface area is 105 Å². The lowest BCUT2D eigenvalue weighted by molar-refractivity contribution is -0.139. The van der Waals surface area contributed by atoms with Gasteiger partial charge in [0.05, 0.1) is 5.56 Å². The van der Waals surface area contributed by atoms with Crippen LogP contribution in [-0.2, 0) is 6.18 Å². The van der Waals surface area contributed by atoms with Crippen molar-refractivity contribution < 1.29 is 18.3 Å². The van der Waals surface area contributed by atoms with Gasteiger partial charge in [0.2, 0.25) is 0 Å². The number of hydrogen-bond donors (Lipinski definition) is 1. The molecule has 0 saturated carbocycles. The van der Waals surface area contributed by atoms with E-state index in [1.165, 1.54) is 36.5 Å². The number of rotatable bonds is 2. The average molecular weight is 271 g/mol. The van der Waals surface area contributed by atoms with E-state index in [-0.39, 0.29) is 15.7 Å². The molecule has 0 amide bonds. The molecule has 0 aliphatic heterocycles. The van der Waals surface area contributed by atoms with Gasteiger partial charge in [-0.1, -0.05) is 23.9 Å². The Morgan fingerprint density at radius 3 is 2.44 bits per heavy atom. The van der Waals surface area contributed by atoms with Gasteiger partial charge in [-0.3, -0.25) is 0 Å². The molecular formula is C12H8F3NOS. The summed E-state index contributed by atoms with van der Waals surface area (Å²) in [7, 11) is 0. The van der Waals surface area contributed by atoms with E-state index in [0.29, 0.717) is 0 Å². The molecule has 0 spiro atoms. The van der Waals surface area contributed by atoms with Crippen molar-refractivity contribution in [2.45, 2.75) is 16.1 Å². The normalized spacial score (nSPS) is 11.5. The summed E-state index contributed by atoms with van der Waals surface area (Å²) in [6, 6.07) is 8.08. The van der Waals surface area contributed by atoms with E-state index in [9.17, 15) is 18.3 Å². The molecule has 0 aliphatic carbocycles. The molecule has 1 aromatic carbocycles. The zero-order valence-electron chi connectivity index (χ0n) is 8.98. The van der Waals surface area contributed by atoms with Crippen LogP contribution in [0.1, 0.15) is 5.56 Å². The maximum absolute atomic E-state index is 12.8. The molecule has 94 valence electrons. The monoisotopic (exact) mass is 271 g/mol. The zero-order chi connectivity index (χ0) is 13.2. The number of pyridine rings is 1. The Morgan fingerprint density at radius 1 is 1.06 bits per heavy atom. The average Bonchev–Trinajstić information content (AvgIpc) is 2.31. The van der Waals surface area contributed by atoms with Crippen LogP contribution in [0.4, 0.5) is 13.2 Å². The van der Waals surface area contributed by atoms with Gasteiger partial charge in [0.15, 0.2) is 0 Å². The second-order valence-corrected chi connectivity index (χ2v) is 4.45. The Hall–Kier alpha value is -1.69. The van der Waals surface area contributed by atoms with Crippen molar-refractivity contribution >= 4 is 11.8 Å². The molecule has 0 fully saturated rings. The van der Waals surface area contributed by atoms with E-state index >= 15 is 0 Å². The molecule has 1 aromatic heterocycles. The second kappa shape index (κ2) is 4.89. The third kappa shape index (κ3) is 2.76. The Bertz CT molecular complexity index is 557. The van der Waals surface area contributed by atoms with Gasteiger partial charge in [0.25, 0.3) is 0 Å². The fourth-order valence-electron chi connectivity index (χ4n) is 1.35. The molecule has 18 heavy (non-hydrogen) atoms. The van der Waals surface area contributed by atoms with E-state index in [0.717, 1.165) is 17.8 Å². The predicted octanol–water partition coefficient (Wildman–Crippen LogP) is 3.96. The van der Waals surface area contributed by atoms with Crippen molar-refractivity contribution in [2.75, 3.05) is 0 Å². The van der Waals surface area contributed by atoms with Crippen LogP contribution < -0.4 is 0 Å². The molecule has 2 rings (SSSR count). The zero-order valence-corrected chi connectivity index (χ0v) is 9.79. The molecule has 1 heterocycles. The minimum atomic E-state index is -4.42. The topological polar surface area (TPSA) is 33.1 Å². The number of benzene rings is 1. The number of aromatic hydroxyl groups is 1. The maximum atomic E-state index is 12.8. The third-order valence-corrected chi connectivity index (χ3v) is 3.23. The van der Waals surface area contributed by atoms with Crippen molar-refractivity contribution in [3.8, 4) is 5.75 Å². The molecule has 0 radical (unpaired) electrons. The summed E-state index contributed by atoms with van der Waals surface area (Å²) in [5.41, 5.74) is -0.736. The van der Waals surface area contributed by atoms with Gasteiger partial charge in [-0.2, -0.15) is 13.2 Å². The lowest BCUT2D eigenvalue weighted by Gasteiger charge is -2.11. The SMILES string of the molecule is Oc1cccnc1Sc1ccccc1C(F)(F)F. The van der Waals surface area contributed by atoms with E-state index in [4.69, 9.17) is 0 Å². The summed E-state index contributed by atoms with van der Waals surface area (Å²) in [6.45, 7) is 0. The number of aromatic nitrogens is 1. The van der Waals surface area contributed by atoms with Crippen LogP contribution in [0.25, 0.3) is 0 Å². The number of hydrogen-bond acceptors (Lipinski definition) is 3. The lowest BCUT2D eigenvalue weighted by atomic mass is 10.2. The van der Waals surface area contributed by atoms with Crippen LogP contribution in [0.3, 0.4) is 0 Å². The molecular weight excluding hydrogens is 263 g/mol. The van der Waals surface area contributed by atoms with Crippen LogP contribution in [-0.4, -0.2) is 10.1 Å². The van der Waals surface area contributed by atoms with Gasteiger partial charge in [-0.05, 0) is 24.3 Å². The summed E-state index contributed by atoms with van der Waals surface area (Å²) in [4.78, 5) is 3.86. The highest BCUT2D eigenvalue weighted by molar-refractivity contribution is 7.99. The number of alkyl halides is 3. The molecule has 1 N–H and O–H groups in total. The van der Waals surface area contributed by atoms with Crippen molar-refractivity contribution in [3.05, 3.63) is 48.2 Å². The van der Waals surface area contributed by atoms with Crippen LogP contribution in [0.2, 0.25) is 0 Å². The molecule has 0 aliphatic rings. The fraction of sp³-hybridized carbons (Fsp3) is 0.0833. The second-order valence-electron chi connectivity index (χ2n) is 3.42. The molecule has 2 nitrogen and oxygen atoms in total. The first-order valence-corrected chi connectivity index (χ1v) is 5.78. The summed E-state index contributed by atoms with van der Waals surface area (Å²) in [5, 5.41) is 9.65. The first-order chi connectivity index (χ1) is 8.48. The van der Waals surface area contributed by atoms with Crippen molar-refractivity contribution in [2.24, 2.45) is 0 Å². The van der Waals surface area contributed by atoms with Gasteiger partial charge in [0.1, 0.15) is 10.8 Å². The summed E-state index contributed by atoms with van der Waals surface area (Å²) in [5.74, 6) is -0.139. The minimum absolute atomic E-state index is 0.0130. The quantitative estimate of drug-likeness (QED) is 0.897. The van der Waals surface area contributed by atoms with E-state index < -0.39 is 11.7 Å². The Balaban J connectivity index is 2.39. The molecule has 0 saturated heterocycles. The number of nitrogens with zero attached hydrogens (tertiary/aromatic N) is 1. The first kappa shape index (κ1) is 12.8. The largest absolute Gasteiger partial charge is 0.505 e. The Morgan fingerprint density at radius 2 is 1.78 bits per heavy atom. The number of halogens is 3. The molecule has 2 aromatic rings. The van der Waals surface area contributed by atoms with Crippen molar-refractivity contribution in [1.29, 1.82) is 0 Å². The maximum Gasteiger partial charge on any atom is 0.417 e. The first-order valence-electron chi connectivity index (χ1n) is 4.96. The van der Waals surface area contributed by atoms with E-state index in [1.807, 2.05) is 0 Å². The van der Waals surface area contributed by atoms with Gasteiger partial charge in [0, 0.05) is 11.1 Å². The minimum Gasteiger partial charge on any atom is -0.505 e.